The largest absolute Gasteiger partial charge is 0.342 e. The molecule has 4 heteroatoms. The summed E-state index contributed by atoms with van der Waals surface area (Å²) in [7, 11) is 0. The Labute approximate surface area is 115 Å². The molecule has 3 aromatic rings. The number of fused-ring (bicyclic) bond motifs is 1. The molecule has 2 heterocycles. The van der Waals surface area contributed by atoms with Gasteiger partial charge in [-0.2, -0.15) is 0 Å². The predicted octanol–water partition coefficient (Wildman–Crippen LogP) is 3.55. The normalized spacial score (nSPS) is 10.8. The summed E-state index contributed by atoms with van der Waals surface area (Å²) in [5.41, 5.74) is 2.77. The summed E-state index contributed by atoms with van der Waals surface area (Å²) >= 11 is 6.03. The van der Waals surface area contributed by atoms with Gasteiger partial charge >= 0.3 is 0 Å². The lowest BCUT2D eigenvalue weighted by atomic mass is 10.2. The quantitative estimate of drug-likeness (QED) is 0.682. The molecule has 94 valence electrons. The SMILES string of the molecule is O=Cc1cn(Cc2ccncc2)c2cc(Cl)ccc12. The Morgan fingerprint density at radius 1 is 1.21 bits per heavy atom. The number of nitrogens with zero attached hydrogens (tertiary/aromatic N) is 2. The first-order valence-electron chi connectivity index (χ1n) is 5.90. The minimum atomic E-state index is 0.666. The van der Waals surface area contributed by atoms with Crippen LogP contribution in [0.3, 0.4) is 0 Å². The molecule has 0 spiro atoms. The average molecular weight is 271 g/mol. The number of aromatic nitrogens is 2. The van der Waals surface area contributed by atoms with Gasteiger partial charge in [0.05, 0.1) is 5.52 Å². The van der Waals surface area contributed by atoms with Crippen LogP contribution in [0.5, 0.6) is 0 Å². The number of pyridine rings is 1. The van der Waals surface area contributed by atoms with Gasteiger partial charge in [0.15, 0.2) is 6.29 Å². The molecule has 0 fully saturated rings. The Balaban J connectivity index is 2.13. The van der Waals surface area contributed by atoms with E-state index in [1.54, 1.807) is 18.5 Å². The predicted molar refractivity (Wildman–Crippen MR) is 75.7 cm³/mol. The maximum Gasteiger partial charge on any atom is 0.152 e. The van der Waals surface area contributed by atoms with E-state index in [0.717, 1.165) is 22.8 Å². The van der Waals surface area contributed by atoms with Gasteiger partial charge in [0, 0.05) is 41.1 Å². The molecule has 0 N–H and O–H groups in total. The van der Waals surface area contributed by atoms with Crippen molar-refractivity contribution in [3.63, 3.8) is 0 Å². The summed E-state index contributed by atoms with van der Waals surface area (Å²) in [6, 6.07) is 9.47. The average Bonchev–Trinajstić information content (AvgIpc) is 2.77. The Morgan fingerprint density at radius 3 is 2.74 bits per heavy atom. The van der Waals surface area contributed by atoms with Crippen molar-refractivity contribution >= 4 is 28.8 Å². The fraction of sp³-hybridized carbons (Fsp3) is 0.0667. The highest BCUT2D eigenvalue weighted by Crippen LogP contribution is 2.24. The third-order valence-corrected chi connectivity index (χ3v) is 3.34. The second kappa shape index (κ2) is 4.86. The molecule has 0 aliphatic carbocycles. The van der Waals surface area contributed by atoms with E-state index in [1.165, 1.54) is 0 Å². The van der Waals surface area contributed by atoms with Crippen LogP contribution in [0.15, 0.2) is 48.9 Å². The van der Waals surface area contributed by atoms with E-state index in [-0.39, 0.29) is 0 Å². The van der Waals surface area contributed by atoms with E-state index in [9.17, 15) is 4.79 Å². The number of halogens is 1. The molecular weight excluding hydrogens is 260 g/mol. The number of rotatable bonds is 3. The molecule has 1 aromatic carbocycles. The summed E-state index contributed by atoms with van der Waals surface area (Å²) in [6.45, 7) is 0.688. The number of carbonyl (C=O) groups excluding carboxylic acids is 1. The number of benzene rings is 1. The molecule has 0 atom stereocenters. The van der Waals surface area contributed by atoms with Gasteiger partial charge in [0.1, 0.15) is 0 Å². The topological polar surface area (TPSA) is 34.9 Å². The molecule has 0 aliphatic heterocycles. The summed E-state index contributed by atoms with van der Waals surface area (Å²) in [6.07, 6.45) is 6.25. The fourth-order valence-electron chi connectivity index (χ4n) is 2.20. The third kappa shape index (κ3) is 2.25. The highest BCUT2D eigenvalue weighted by molar-refractivity contribution is 6.31. The zero-order valence-electron chi connectivity index (χ0n) is 10.1. The van der Waals surface area contributed by atoms with Crippen LogP contribution in [0.2, 0.25) is 5.02 Å². The second-order valence-corrected chi connectivity index (χ2v) is 4.78. The first-order valence-corrected chi connectivity index (χ1v) is 6.28. The highest BCUT2D eigenvalue weighted by Gasteiger charge is 2.08. The smallest absolute Gasteiger partial charge is 0.152 e. The van der Waals surface area contributed by atoms with Crippen molar-refractivity contribution in [2.24, 2.45) is 0 Å². The van der Waals surface area contributed by atoms with E-state index in [1.807, 2.05) is 35.0 Å². The number of hydrogen-bond donors (Lipinski definition) is 0. The minimum absolute atomic E-state index is 0.666. The summed E-state index contributed by atoms with van der Waals surface area (Å²) in [5.74, 6) is 0. The van der Waals surface area contributed by atoms with Crippen LogP contribution in [0, 0.1) is 0 Å². The molecule has 0 aliphatic rings. The molecule has 0 saturated carbocycles. The Morgan fingerprint density at radius 2 is 2.00 bits per heavy atom. The van der Waals surface area contributed by atoms with Crippen LogP contribution in [0.1, 0.15) is 15.9 Å². The molecule has 0 bridgehead atoms. The van der Waals surface area contributed by atoms with Crippen molar-refractivity contribution in [1.29, 1.82) is 0 Å². The highest BCUT2D eigenvalue weighted by atomic mass is 35.5. The third-order valence-electron chi connectivity index (χ3n) is 3.10. The molecule has 0 radical (unpaired) electrons. The molecule has 19 heavy (non-hydrogen) atoms. The summed E-state index contributed by atoms with van der Waals surface area (Å²) in [4.78, 5) is 15.1. The number of aldehydes is 1. The Bertz CT molecular complexity index is 734. The van der Waals surface area contributed by atoms with Gasteiger partial charge in [-0.3, -0.25) is 9.78 Å². The van der Waals surface area contributed by atoms with Crippen molar-refractivity contribution in [2.75, 3.05) is 0 Å². The molecule has 2 aromatic heterocycles. The van der Waals surface area contributed by atoms with Crippen LogP contribution in [0.25, 0.3) is 10.9 Å². The van der Waals surface area contributed by atoms with Gasteiger partial charge in [0.25, 0.3) is 0 Å². The van der Waals surface area contributed by atoms with Crippen LogP contribution in [-0.4, -0.2) is 15.8 Å². The van der Waals surface area contributed by atoms with Gasteiger partial charge in [0.2, 0.25) is 0 Å². The lowest BCUT2D eigenvalue weighted by Gasteiger charge is -2.05. The van der Waals surface area contributed by atoms with E-state index in [2.05, 4.69) is 4.98 Å². The van der Waals surface area contributed by atoms with Crippen LogP contribution >= 0.6 is 11.6 Å². The fourth-order valence-corrected chi connectivity index (χ4v) is 2.37. The van der Waals surface area contributed by atoms with Crippen molar-refractivity contribution in [2.45, 2.75) is 6.54 Å². The van der Waals surface area contributed by atoms with Crippen LogP contribution < -0.4 is 0 Å². The molecular formula is C15H11ClN2O. The molecule has 3 nitrogen and oxygen atoms in total. The zero-order valence-corrected chi connectivity index (χ0v) is 10.8. The monoisotopic (exact) mass is 270 g/mol. The van der Waals surface area contributed by atoms with Crippen molar-refractivity contribution in [3.8, 4) is 0 Å². The van der Waals surface area contributed by atoms with Gasteiger partial charge in [-0.25, -0.2) is 0 Å². The summed E-state index contributed by atoms with van der Waals surface area (Å²) < 4.78 is 2.03. The zero-order chi connectivity index (χ0) is 13.2. The van der Waals surface area contributed by atoms with E-state index in [0.29, 0.717) is 17.1 Å². The molecule has 3 rings (SSSR count). The Hall–Kier alpha value is -2.13. The van der Waals surface area contributed by atoms with E-state index < -0.39 is 0 Å². The number of hydrogen-bond acceptors (Lipinski definition) is 2. The van der Waals surface area contributed by atoms with E-state index in [4.69, 9.17) is 11.6 Å². The van der Waals surface area contributed by atoms with Gasteiger partial charge in [-0.05, 0) is 29.8 Å². The van der Waals surface area contributed by atoms with Crippen molar-refractivity contribution < 1.29 is 4.79 Å². The molecule has 0 saturated heterocycles. The Kier molecular flexibility index (Phi) is 3.05. The first-order chi connectivity index (χ1) is 9.28. The molecule has 0 amide bonds. The van der Waals surface area contributed by atoms with Gasteiger partial charge in [-0.1, -0.05) is 17.7 Å². The van der Waals surface area contributed by atoms with Crippen molar-refractivity contribution in [1.82, 2.24) is 9.55 Å². The van der Waals surface area contributed by atoms with Crippen LogP contribution in [0.4, 0.5) is 0 Å². The van der Waals surface area contributed by atoms with Crippen molar-refractivity contribution in [3.05, 3.63) is 65.1 Å². The maximum absolute atomic E-state index is 11.1. The molecule has 0 unspecified atom stereocenters. The van der Waals surface area contributed by atoms with Gasteiger partial charge in [-0.15, -0.1) is 0 Å². The summed E-state index contributed by atoms with van der Waals surface area (Å²) in [5, 5.41) is 1.59. The lowest BCUT2D eigenvalue weighted by Crippen LogP contribution is -1.97. The van der Waals surface area contributed by atoms with E-state index >= 15 is 0 Å². The van der Waals surface area contributed by atoms with Crippen LogP contribution in [-0.2, 0) is 6.54 Å². The maximum atomic E-state index is 11.1. The standard InChI is InChI=1S/C15H11ClN2O/c16-13-1-2-14-12(10-19)9-18(15(14)7-13)8-11-3-5-17-6-4-11/h1-7,9-10H,8H2. The first kappa shape index (κ1) is 11.9. The number of carbonyl (C=O) groups is 1. The van der Waals surface area contributed by atoms with Gasteiger partial charge < -0.3 is 4.57 Å². The minimum Gasteiger partial charge on any atom is -0.342 e. The lowest BCUT2D eigenvalue weighted by molar-refractivity contribution is 0.112. The second-order valence-electron chi connectivity index (χ2n) is 4.35.